The van der Waals surface area contributed by atoms with Gasteiger partial charge in [-0.3, -0.25) is 0 Å². The van der Waals surface area contributed by atoms with E-state index in [-0.39, 0.29) is 18.8 Å². The highest BCUT2D eigenvalue weighted by atomic mass is 19.2. The molecule has 0 aliphatic carbocycles. The Hall–Kier alpha value is -1.00. The van der Waals surface area contributed by atoms with E-state index in [2.05, 4.69) is 0 Å². The zero-order valence-electron chi connectivity index (χ0n) is 7.93. The van der Waals surface area contributed by atoms with Crippen LogP contribution in [0.15, 0.2) is 24.3 Å². The van der Waals surface area contributed by atoms with Crippen molar-refractivity contribution in [3.05, 3.63) is 35.6 Å². The third-order valence-electron chi connectivity index (χ3n) is 2.17. The molecule has 2 nitrogen and oxygen atoms in total. The van der Waals surface area contributed by atoms with E-state index >= 15 is 0 Å². The molecule has 4 heteroatoms. The highest BCUT2D eigenvalue weighted by Gasteiger charge is 2.22. The fraction of sp³-hybridized carbons (Fsp3) is 0.400. The molecule has 0 saturated carbocycles. The topological polar surface area (TPSA) is 32.3 Å². The van der Waals surface area contributed by atoms with E-state index in [0.29, 0.717) is 5.56 Å². The smallest absolute Gasteiger partial charge is 0.123 e. The van der Waals surface area contributed by atoms with Crippen molar-refractivity contribution in [2.75, 3.05) is 6.54 Å². The number of hydrogen-bond acceptors (Lipinski definition) is 2. The van der Waals surface area contributed by atoms with Crippen molar-refractivity contribution < 1.29 is 14.0 Å². The molecule has 1 aromatic carbocycles. The first-order valence-corrected chi connectivity index (χ1v) is 4.38. The molecule has 1 rings (SSSR count). The molecule has 0 fully saturated rings. The zero-order chi connectivity index (χ0) is 10.6. The van der Waals surface area contributed by atoms with Gasteiger partial charge >= 0.3 is 0 Å². The van der Waals surface area contributed by atoms with Gasteiger partial charge in [0.15, 0.2) is 0 Å². The molecule has 1 atom stereocenters. The van der Waals surface area contributed by atoms with Crippen molar-refractivity contribution in [1.29, 1.82) is 0 Å². The molecule has 0 aliphatic heterocycles. The Labute approximate surface area is 81.5 Å². The summed E-state index contributed by atoms with van der Waals surface area (Å²) in [6, 6.07) is 5.53. The van der Waals surface area contributed by atoms with Crippen LogP contribution in [0.4, 0.5) is 8.87 Å². The van der Waals surface area contributed by atoms with Crippen LogP contribution in [0.1, 0.15) is 18.9 Å². The van der Waals surface area contributed by atoms with Crippen LogP contribution in [0.3, 0.4) is 0 Å². The Kier molecular flexibility index (Phi) is 3.55. The molecule has 0 saturated heterocycles. The Balaban J connectivity index is 2.75. The van der Waals surface area contributed by atoms with Crippen LogP contribution in [0, 0.1) is 5.82 Å². The van der Waals surface area contributed by atoms with Gasteiger partial charge in [-0.1, -0.05) is 12.1 Å². The van der Waals surface area contributed by atoms with Crippen LogP contribution in [-0.4, -0.2) is 11.7 Å². The summed E-state index contributed by atoms with van der Waals surface area (Å²) in [6.45, 7) is 1.63. The average Bonchev–Trinajstić information content (AvgIpc) is 2.16. The minimum Gasteiger partial charge on any atom is -0.385 e. The number of nitrogens with one attached hydrogen (secondary N) is 1. The maximum Gasteiger partial charge on any atom is 0.123 e. The van der Waals surface area contributed by atoms with Gasteiger partial charge in [-0.25, -0.2) is 4.39 Å². The lowest BCUT2D eigenvalue weighted by Gasteiger charge is -2.23. The van der Waals surface area contributed by atoms with Crippen LogP contribution in [-0.2, 0) is 5.60 Å². The Bertz CT molecular complexity index is 285. The van der Waals surface area contributed by atoms with E-state index in [0.717, 1.165) is 0 Å². The molecular weight excluding hydrogens is 188 g/mol. The van der Waals surface area contributed by atoms with Crippen molar-refractivity contribution in [2.45, 2.75) is 18.9 Å². The van der Waals surface area contributed by atoms with Gasteiger partial charge in [0.1, 0.15) is 5.82 Å². The maximum absolute atomic E-state index is 12.6. The van der Waals surface area contributed by atoms with E-state index < -0.39 is 5.60 Å². The van der Waals surface area contributed by atoms with Crippen molar-refractivity contribution >= 4 is 0 Å². The number of halogens is 2. The van der Waals surface area contributed by atoms with Crippen molar-refractivity contribution in [3.8, 4) is 0 Å². The SMILES string of the molecule is C[C@@](O)(CCNF)c1ccc(F)cc1. The number of benzene rings is 1. The molecule has 0 aliphatic rings. The third-order valence-corrected chi connectivity index (χ3v) is 2.17. The standard InChI is InChI=1S/C10H13F2NO/c1-10(14,6-7-13-12)8-2-4-9(11)5-3-8/h2-5,13-14H,6-7H2,1H3/t10-/m1/s1. The first kappa shape index (κ1) is 11.1. The number of hydrogen-bond donors (Lipinski definition) is 2. The van der Waals surface area contributed by atoms with Gasteiger partial charge in [0, 0.05) is 6.54 Å². The summed E-state index contributed by atoms with van der Waals surface area (Å²) in [5.74, 6) is -0.354. The molecule has 0 radical (unpaired) electrons. The molecule has 0 aromatic heterocycles. The predicted octanol–water partition coefficient (Wildman–Crippen LogP) is 1.90. The summed E-state index contributed by atoms with van der Waals surface area (Å²) in [7, 11) is 0. The predicted molar refractivity (Wildman–Crippen MR) is 49.7 cm³/mol. The maximum atomic E-state index is 12.6. The van der Waals surface area contributed by atoms with E-state index in [1.165, 1.54) is 29.8 Å². The number of aliphatic hydroxyl groups is 1. The second-order valence-electron chi connectivity index (χ2n) is 3.41. The Morgan fingerprint density at radius 3 is 2.43 bits per heavy atom. The van der Waals surface area contributed by atoms with E-state index in [4.69, 9.17) is 0 Å². The van der Waals surface area contributed by atoms with E-state index in [1.807, 2.05) is 0 Å². The largest absolute Gasteiger partial charge is 0.385 e. The summed E-state index contributed by atoms with van der Waals surface area (Å²) in [6.07, 6.45) is 0.231. The summed E-state index contributed by atoms with van der Waals surface area (Å²) in [4.78, 5) is 0. The van der Waals surface area contributed by atoms with Crippen LogP contribution in [0.25, 0.3) is 0 Å². The minimum absolute atomic E-state index is 0.0599. The van der Waals surface area contributed by atoms with Crippen LogP contribution in [0.5, 0.6) is 0 Å². The molecule has 14 heavy (non-hydrogen) atoms. The Morgan fingerprint density at radius 1 is 1.36 bits per heavy atom. The van der Waals surface area contributed by atoms with Gasteiger partial charge in [0.05, 0.1) is 5.60 Å². The summed E-state index contributed by atoms with van der Waals surface area (Å²) >= 11 is 0. The molecule has 0 amide bonds. The second-order valence-corrected chi connectivity index (χ2v) is 3.41. The fourth-order valence-corrected chi connectivity index (χ4v) is 1.24. The van der Waals surface area contributed by atoms with Gasteiger partial charge in [-0.2, -0.15) is 5.54 Å². The molecule has 78 valence electrons. The second kappa shape index (κ2) is 4.48. The van der Waals surface area contributed by atoms with Crippen molar-refractivity contribution in [1.82, 2.24) is 5.54 Å². The van der Waals surface area contributed by atoms with Crippen LogP contribution in [0.2, 0.25) is 0 Å². The number of rotatable bonds is 4. The van der Waals surface area contributed by atoms with Gasteiger partial charge in [-0.05, 0) is 31.0 Å². The lowest BCUT2D eigenvalue weighted by molar-refractivity contribution is 0.0430. The minimum atomic E-state index is -1.13. The van der Waals surface area contributed by atoms with Crippen LogP contribution >= 0.6 is 0 Å². The first-order chi connectivity index (χ1) is 6.56. The quantitative estimate of drug-likeness (QED) is 0.729. The molecule has 0 bridgehead atoms. The van der Waals surface area contributed by atoms with Gasteiger partial charge < -0.3 is 5.11 Å². The van der Waals surface area contributed by atoms with Gasteiger partial charge in [-0.15, -0.1) is 4.48 Å². The van der Waals surface area contributed by atoms with Gasteiger partial charge in [0.2, 0.25) is 0 Å². The van der Waals surface area contributed by atoms with Gasteiger partial charge in [0.25, 0.3) is 0 Å². The molecule has 1 aromatic rings. The highest BCUT2D eigenvalue weighted by Crippen LogP contribution is 2.23. The monoisotopic (exact) mass is 201 g/mol. The first-order valence-electron chi connectivity index (χ1n) is 4.38. The summed E-state index contributed by atoms with van der Waals surface area (Å²) < 4.78 is 24.3. The molecule has 0 heterocycles. The zero-order valence-corrected chi connectivity index (χ0v) is 7.93. The normalized spacial score (nSPS) is 15.1. The van der Waals surface area contributed by atoms with Crippen molar-refractivity contribution in [2.24, 2.45) is 0 Å². The van der Waals surface area contributed by atoms with E-state index in [1.54, 1.807) is 6.92 Å². The lowest BCUT2D eigenvalue weighted by Crippen LogP contribution is -2.25. The fourth-order valence-electron chi connectivity index (χ4n) is 1.24. The molecule has 0 spiro atoms. The molecular formula is C10H13F2NO. The Morgan fingerprint density at radius 2 is 1.93 bits per heavy atom. The molecule has 0 unspecified atom stereocenters. The third kappa shape index (κ3) is 2.75. The van der Waals surface area contributed by atoms with E-state index in [9.17, 15) is 14.0 Å². The lowest BCUT2D eigenvalue weighted by atomic mass is 9.93. The summed E-state index contributed by atoms with van der Waals surface area (Å²) in [5.41, 5.74) is 0.917. The molecule has 2 N–H and O–H groups in total. The van der Waals surface area contributed by atoms with Crippen LogP contribution < -0.4 is 5.54 Å². The average molecular weight is 201 g/mol. The summed E-state index contributed by atoms with van der Waals surface area (Å²) in [5, 5.41) is 9.88. The van der Waals surface area contributed by atoms with Crippen molar-refractivity contribution in [3.63, 3.8) is 0 Å². The highest BCUT2D eigenvalue weighted by molar-refractivity contribution is 5.22.